The molecule has 0 amide bonds. The minimum absolute atomic E-state index is 0.292. The van der Waals surface area contributed by atoms with Gasteiger partial charge in [0.2, 0.25) is 0 Å². The SMILES string of the molecule is COC(=O)c1cc(NCc2ccc(CCN)cc2)ccn1. The van der Waals surface area contributed by atoms with Gasteiger partial charge < -0.3 is 15.8 Å². The maximum atomic E-state index is 11.4. The topological polar surface area (TPSA) is 77.2 Å². The van der Waals surface area contributed by atoms with Gasteiger partial charge in [0.15, 0.2) is 0 Å². The van der Waals surface area contributed by atoms with Crippen LogP contribution < -0.4 is 11.1 Å². The molecule has 5 nitrogen and oxygen atoms in total. The van der Waals surface area contributed by atoms with Crippen LogP contribution in [0.3, 0.4) is 0 Å². The third-order valence-corrected chi connectivity index (χ3v) is 3.11. The molecule has 0 fully saturated rings. The Morgan fingerprint density at radius 2 is 1.95 bits per heavy atom. The van der Waals surface area contributed by atoms with Gasteiger partial charge in [0.05, 0.1) is 7.11 Å². The van der Waals surface area contributed by atoms with Crippen molar-refractivity contribution in [1.82, 2.24) is 4.98 Å². The lowest BCUT2D eigenvalue weighted by Gasteiger charge is -2.08. The number of anilines is 1. The average molecular weight is 285 g/mol. The highest BCUT2D eigenvalue weighted by Gasteiger charge is 2.07. The van der Waals surface area contributed by atoms with Crippen molar-refractivity contribution in [3.8, 4) is 0 Å². The Labute approximate surface area is 124 Å². The Hall–Kier alpha value is -2.40. The van der Waals surface area contributed by atoms with Crippen LogP contribution in [-0.2, 0) is 17.7 Å². The third kappa shape index (κ3) is 4.29. The summed E-state index contributed by atoms with van der Waals surface area (Å²) >= 11 is 0. The molecule has 2 aromatic rings. The number of ether oxygens (including phenoxy) is 1. The molecule has 21 heavy (non-hydrogen) atoms. The number of carbonyl (C=O) groups excluding carboxylic acids is 1. The zero-order chi connectivity index (χ0) is 15.1. The number of hydrogen-bond donors (Lipinski definition) is 2. The van der Waals surface area contributed by atoms with Crippen molar-refractivity contribution in [2.24, 2.45) is 5.73 Å². The number of methoxy groups -OCH3 is 1. The molecule has 0 saturated heterocycles. The standard InChI is InChI=1S/C16H19N3O2/c1-21-16(20)15-10-14(7-9-18-15)19-11-13-4-2-12(3-5-13)6-8-17/h2-5,7,9-10H,6,8,11,17H2,1H3,(H,18,19). The van der Waals surface area contributed by atoms with Crippen LogP contribution in [0.5, 0.6) is 0 Å². The minimum Gasteiger partial charge on any atom is -0.464 e. The van der Waals surface area contributed by atoms with E-state index in [1.54, 1.807) is 12.3 Å². The Morgan fingerprint density at radius 1 is 1.24 bits per heavy atom. The van der Waals surface area contributed by atoms with Gasteiger partial charge in [-0.05, 0) is 36.2 Å². The van der Waals surface area contributed by atoms with Gasteiger partial charge in [-0.15, -0.1) is 0 Å². The second-order valence-corrected chi connectivity index (χ2v) is 4.63. The van der Waals surface area contributed by atoms with Crippen molar-refractivity contribution in [3.05, 3.63) is 59.4 Å². The van der Waals surface area contributed by atoms with E-state index in [0.717, 1.165) is 17.7 Å². The predicted octanol–water partition coefficient (Wildman–Crippen LogP) is 1.98. The molecule has 0 atom stereocenters. The van der Waals surface area contributed by atoms with Crippen LogP contribution in [0.1, 0.15) is 21.6 Å². The minimum atomic E-state index is -0.440. The van der Waals surface area contributed by atoms with Gasteiger partial charge >= 0.3 is 5.97 Å². The Bertz CT molecular complexity index is 597. The Kier molecular flexibility index (Phi) is 5.29. The summed E-state index contributed by atoms with van der Waals surface area (Å²) in [6.45, 7) is 1.33. The summed E-state index contributed by atoms with van der Waals surface area (Å²) in [7, 11) is 1.34. The van der Waals surface area contributed by atoms with Crippen LogP contribution in [-0.4, -0.2) is 24.6 Å². The summed E-state index contributed by atoms with van der Waals surface area (Å²) < 4.78 is 4.65. The lowest BCUT2D eigenvalue weighted by atomic mass is 10.1. The van der Waals surface area contributed by atoms with E-state index in [4.69, 9.17) is 5.73 Å². The molecule has 0 aliphatic carbocycles. The number of benzene rings is 1. The van der Waals surface area contributed by atoms with Crippen molar-refractivity contribution in [3.63, 3.8) is 0 Å². The number of hydrogen-bond acceptors (Lipinski definition) is 5. The van der Waals surface area contributed by atoms with Crippen LogP contribution >= 0.6 is 0 Å². The number of carbonyl (C=O) groups is 1. The predicted molar refractivity (Wildman–Crippen MR) is 82.1 cm³/mol. The van der Waals surface area contributed by atoms with Crippen molar-refractivity contribution < 1.29 is 9.53 Å². The molecule has 0 spiro atoms. The van der Waals surface area contributed by atoms with Gasteiger partial charge in [-0.1, -0.05) is 24.3 Å². The average Bonchev–Trinajstić information content (AvgIpc) is 2.54. The normalized spacial score (nSPS) is 10.2. The Balaban J connectivity index is 1.97. The summed E-state index contributed by atoms with van der Waals surface area (Å²) in [6.07, 6.45) is 2.47. The molecule has 0 unspecified atom stereocenters. The summed E-state index contributed by atoms with van der Waals surface area (Å²) in [5.41, 5.74) is 9.04. The van der Waals surface area contributed by atoms with Crippen LogP contribution in [0.25, 0.3) is 0 Å². The molecule has 1 aromatic carbocycles. The molecule has 5 heteroatoms. The van der Waals surface area contributed by atoms with Gasteiger partial charge in [-0.25, -0.2) is 9.78 Å². The highest BCUT2D eigenvalue weighted by Crippen LogP contribution is 2.12. The number of pyridine rings is 1. The smallest absolute Gasteiger partial charge is 0.356 e. The van der Waals surface area contributed by atoms with Gasteiger partial charge in [-0.3, -0.25) is 0 Å². The van der Waals surface area contributed by atoms with E-state index in [9.17, 15) is 4.79 Å². The fraction of sp³-hybridized carbons (Fsp3) is 0.250. The zero-order valence-corrected chi connectivity index (χ0v) is 12.0. The van der Waals surface area contributed by atoms with Crippen molar-refractivity contribution in [2.75, 3.05) is 19.0 Å². The van der Waals surface area contributed by atoms with Crippen LogP contribution in [0, 0.1) is 0 Å². The molecule has 1 aromatic heterocycles. The lowest BCUT2D eigenvalue weighted by Crippen LogP contribution is -2.06. The van der Waals surface area contributed by atoms with Gasteiger partial charge in [0.25, 0.3) is 0 Å². The van der Waals surface area contributed by atoms with Gasteiger partial charge in [0.1, 0.15) is 5.69 Å². The highest BCUT2D eigenvalue weighted by atomic mass is 16.5. The molecule has 3 N–H and O–H groups in total. The highest BCUT2D eigenvalue weighted by molar-refractivity contribution is 5.88. The van der Waals surface area contributed by atoms with Crippen molar-refractivity contribution in [1.29, 1.82) is 0 Å². The quantitative estimate of drug-likeness (QED) is 0.794. The molecule has 0 saturated carbocycles. The molecular weight excluding hydrogens is 266 g/mol. The number of nitrogens with one attached hydrogen (secondary N) is 1. The van der Waals surface area contributed by atoms with Crippen molar-refractivity contribution in [2.45, 2.75) is 13.0 Å². The molecule has 1 heterocycles. The van der Waals surface area contributed by atoms with Crippen LogP contribution in [0.2, 0.25) is 0 Å². The summed E-state index contributed by atoms with van der Waals surface area (Å²) in [5.74, 6) is -0.440. The number of rotatable bonds is 6. The van der Waals surface area contributed by atoms with E-state index in [2.05, 4.69) is 39.3 Å². The summed E-state index contributed by atoms with van der Waals surface area (Å²) in [4.78, 5) is 15.4. The molecule has 110 valence electrons. The van der Waals surface area contributed by atoms with E-state index in [1.165, 1.54) is 12.7 Å². The van der Waals surface area contributed by atoms with E-state index >= 15 is 0 Å². The first-order chi connectivity index (χ1) is 10.2. The number of nitrogens with two attached hydrogens (primary N) is 1. The lowest BCUT2D eigenvalue weighted by molar-refractivity contribution is 0.0594. The first-order valence-corrected chi connectivity index (χ1v) is 6.79. The maximum absolute atomic E-state index is 11.4. The largest absolute Gasteiger partial charge is 0.464 e. The van der Waals surface area contributed by atoms with Gasteiger partial charge in [-0.2, -0.15) is 0 Å². The summed E-state index contributed by atoms with van der Waals surface area (Å²) in [5, 5.41) is 3.26. The second kappa shape index (κ2) is 7.40. The molecular formula is C16H19N3O2. The molecule has 2 rings (SSSR count). The monoisotopic (exact) mass is 285 g/mol. The van der Waals surface area contributed by atoms with Crippen LogP contribution in [0.15, 0.2) is 42.6 Å². The van der Waals surface area contributed by atoms with E-state index in [-0.39, 0.29) is 0 Å². The fourth-order valence-electron chi connectivity index (χ4n) is 1.95. The fourth-order valence-corrected chi connectivity index (χ4v) is 1.95. The van der Waals surface area contributed by atoms with E-state index in [1.807, 2.05) is 6.07 Å². The number of aromatic nitrogens is 1. The summed E-state index contributed by atoms with van der Waals surface area (Å²) in [6, 6.07) is 11.8. The number of esters is 1. The van der Waals surface area contributed by atoms with Gasteiger partial charge in [0, 0.05) is 18.4 Å². The first-order valence-electron chi connectivity index (χ1n) is 6.79. The molecule has 0 bridgehead atoms. The Morgan fingerprint density at radius 3 is 2.62 bits per heavy atom. The van der Waals surface area contributed by atoms with Crippen molar-refractivity contribution >= 4 is 11.7 Å². The van der Waals surface area contributed by atoms with E-state index in [0.29, 0.717) is 18.8 Å². The zero-order valence-electron chi connectivity index (χ0n) is 12.0. The number of nitrogens with zero attached hydrogens (tertiary/aromatic N) is 1. The molecule has 0 radical (unpaired) electrons. The third-order valence-electron chi connectivity index (χ3n) is 3.11. The maximum Gasteiger partial charge on any atom is 0.356 e. The second-order valence-electron chi connectivity index (χ2n) is 4.63. The molecule has 0 aliphatic rings. The van der Waals surface area contributed by atoms with E-state index < -0.39 is 5.97 Å². The van der Waals surface area contributed by atoms with Crippen LogP contribution in [0.4, 0.5) is 5.69 Å². The first kappa shape index (κ1) is 15.0. The molecule has 0 aliphatic heterocycles.